The van der Waals surface area contributed by atoms with E-state index in [1.807, 2.05) is 4.90 Å². The Balaban J connectivity index is 1.76. The predicted molar refractivity (Wildman–Crippen MR) is 83.6 cm³/mol. The molecular formula is C17H22F3N3O. The monoisotopic (exact) mass is 341 g/mol. The molecule has 2 saturated heterocycles. The van der Waals surface area contributed by atoms with Gasteiger partial charge >= 0.3 is 6.18 Å². The zero-order valence-electron chi connectivity index (χ0n) is 13.7. The fraction of sp³-hybridized carbons (Fsp3) is 0.647. The summed E-state index contributed by atoms with van der Waals surface area (Å²) < 4.78 is 37.8. The van der Waals surface area contributed by atoms with E-state index in [4.69, 9.17) is 0 Å². The van der Waals surface area contributed by atoms with Crippen LogP contribution in [0.2, 0.25) is 0 Å². The molecule has 2 atom stereocenters. The zero-order valence-corrected chi connectivity index (χ0v) is 13.7. The molecule has 2 aliphatic rings. The maximum Gasteiger partial charge on any atom is 0.433 e. The number of hydrogen-bond donors (Lipinski definition) is 0. The van der Waals surface area contributed by atoms with Gasteiger partial charge in [-0.05, 0) is 50.9 Å². The summed E-state index contributed by atoms with van der Waals surface area (Å²) in [6.07, 6.45) is 0.682. The molecule has 2 fully saturated rings. The molecule has 0 unspecified atom stereocenters. The van der Waals surface area contributed by atoms with E-state index in [1.54, 1.807) is 0 Å². The van der Waals surface area contributed by atoms with Crippen molar-refractivity contribution in [1.29, 1.82) is 0 Å². The van der Waals surface area contributed by atoms with Gasteiger partial charge in [0.15, 0.2) is 0 Å². The van der Waals surface area contributed by atoms with Gasteiger partial charge in [0.25, 0.3) is 5.91 Å². The van der Waals surface area contributed by atoms with Crippen LogP contribution in [0.4, 0.5) is 13.2 Å². The Morgan fingerprint density at radius 3 is 2.54 bits per heavy atom. The molecule has 7 heteroatoms. The van der Waals surface area contributed by atoms with Crippen molar-refractivity contribution in [3.8, 4) is 0 Å². The average Bonchev–Trinajstić information content (AvgIpc) is 3.21. The van der Waals surface area contributed by atoms with Crippen LogP contribution in [-0.2, 0) is 6.18 Å². The molecule has 0 aliphatic carbocycles. The van der Waals surface area contributed by atoms with E-state index in [1.165, 1.54) is 6.07 Å². The van der Waals surface area contributed by atoms with Crippen LogP contribution in [0.1, 0.15) is 48.7 Å². The van der Waals surface area contributed by atoms with Crippen LogP contribution >= 0.6 is 0 Å². The van der Waals surface area contributed by atoms with Crippen LogP contribution in [0.5, 0.6) is 0 Å². The number of hydrogen-bond acceptors (Lipinski definition) is 3. The molecule has 3 heterocycles. The average molecular weight is 341 g/mol. The summed E-state index contributed by atoms with van der Waals surface area (Å²) in [7, 11) is 0. The molecule has 0 bridgehead atoms. The third kappa shape index (κ3) is 3.27. The molecule has 0 radical (unpaired) electrons. The number of alkyl halides is 3. The molecule has 0 saturated carbocycles. The van der Waals surface area contributed by atoms with Gasteiger partial charge in [-0.1, -0.05) is 6.92 Å². The summed E-state index contributed by atoms with van der Waals surface area (Å²) in [5.41, 5.74) is -0.735. The van der Waals surface area contributed by atoms with E-state index in [2.05, 4.69) is 16.8 Å². The van der Waals surface area contributed by atoms with Gasteiger partial charge in [-0.15, -0.1) is 0 Å². The van der Waals surface area contributed by atoms with Crippen LogP contribution in [0.25, 0.3) is 0 Å². The fourth-order valence-electron chi connectivity index (χ4n) is 3.98. The summed E-state index contributed by atoms with van der Waals surface area (Å²) in [5.74, 6) is -0.207. The van der Waals surface area contributed by atoms with Gasteiger partial charge in [0, 0.05) is 24.8 Å². The standard InChI is InChI=1S/C17H22F3N3O/c1-2-22-9-3-5-13(22)14-6-4-10-23(14)16(24)12-7-8-15(21-11-12)17(18,19)20/h7-8,11,13-14H,2-6,9-10H2,1H3/t13-,14+/m0/s1. The number of likely N-dealkylation sites (N-methyl/N-ethyl adjacent to an activating group) is 1. The van der Waals surface area contributed by atoms with E-state index < -0.39 is 11.9 Å². The Bertz CT molecular complexity index is 588. The second-order valence-electron chi connectivity index (χ2n) is 6.48. The Hall–Kier alpha value is -1.63. The minimum absolute atomic E-state index is 0.155. The molecule has 4 nitrogen and oxygen atoms in total. The lowest BCUT2D eigenvalue weighted by Crippen LogP contribution is -2.48. The van der Waals surface area contributed by atoms with E-state index in [9.17, 15) is 18.0 Å². The molecule has 0 aromatic carbocycles. The normalized spacial score (nSPS) is 25.4. The predicted octanol–water partition coefficient (Wildman–Crippen LogP) is 3.19. The summed E-state index contributed by atoms with van der Waals surface area (Å²) in [6.45, 7) is 4.81. The quantitative estimate of drug-likeness (QED) is 0.847. The Morgan fingerprint density at radius 2 is 1.92 bits per heavy atom. The van der Waals surface area contributed by atoms with Crippen molar-refractivity contribution in [1.82, 2.24) is 14.8 Å². The van der Waals surface area contributed by atoms with Crippen LogP contribution in [0.3, 0.4) is 0 Å². The van der Waals surface area contributed by atoms with E-state index in [-0.39, 0.29) is 17.5 Å². The molecule has 1 aromatic heterocycles. The first-order valence-corrected chi connectivity index (χ1v) is 8.50. The zero-order chi connectivity index (χ0) is 17.3. The molecule has 0 spiro atoms. The lowest BCUT2D eigenvalue weighted by molar-refractivity contribution is -0.141. The highest BCUT2D eigenvalue weighted by molar-refractivity contribution is 5.94. The van der Waals surface area contributed by atoms with E-state index in [0.29, 0.717) is 12.6 Å². The van der Waals surface area contributed by atoms with Gasteiger partial charge in [0.2, 0.25) is 0 Å². The molecule has 2 aliphatic heterocycles. The lowest BCUT2D eigenvalue weighted by Gasteiger charge is -2.34. The number of carbonyl (C=O) groups excluding carboxylic acids is 1. The Kier molecular flexibility index (Phi) is 4.80. The first kappa shape index (κ1) is 17.2. The number of rotatable bonds is 3. The number of nitrogens with zero attached hydrogens (tertiary/aromatic N) is 3. The first-order valence-electron chi connectivity index (χ1n) is 8.50. The molecule has 3 rings (SSSR count). The minimum atomic E-state index is -4.48. The van der Waals surface area contributed by atoms with E-state index >= 15 is 0 Å². The van der Waals surface area contributed by atoms with Crippen molar-refractivity contribution in [2.24, 2.45) is 0 Å². The van der Waals surface area contributed by atoms with E-state index in [0.717, 1.165) is 51.0 Å². The molecule has 1 amide bonds. The lowest BCUT2D eigenvalue weighted by atomic mass is 10.0. The van der Waals surface area contributed by atoms with Crippen molar-refractivity contribution in [3.05, 3.63) is 29.6 Å². The molecule has 24 heavy (non-hydrogen) atoms. The summed E-state index contributed by atoms with van der Waals surface area (Å²) in [5, 5.41) is 0. The van der Waals surface area contributed by atoms with Gasteiger partial charge < -0.3 is 4.90 Å². The molecule has 132 valence electrons. The van der Waals surface area contributed by atoms with Crippen molar-refractivity contribution in [3.63, 3.8) is 0 Å². The van der Waals surface area contributed by atoms with Crippen LogP contribution in [0, 0.1) is 0 Å². The summed E-state index contributed by atoms with van der Waals surface area (Å²) in [6, 6.07) is 2.64. The first-order chi connectivity index (χ1) is 11.4. The second-order valence-corrected chi connectivity index (χ2v) is 6.48. The highest BCUT2D eigenvalue weighted by atomic mass is 19.4. The maximum atomic E-state index is 12.8. The number of carbonyl (C=O) groups is 1. The second kappa shape index (κ2) is 6.70. The number of halogens is 3. The van der Waals surface area contributed by atoms with Crippen LogP contribution < -0.4 is 0 Å². The Labute approximate surface area is 139 Å². The highest BCUT2D eigenvalue weighted by Gasteiger charge is 2.39. The minimum Gasteiger partial charge on any atom is -0.334 e. The van der Waals surface area contributed by atoms with Crippen molar-refractivity contribution in [2.45, 2.75) is 50.9 Å². The van der Waals surface area contributed by atoms with Crippen molar-refractivity contribution >= 4 is 5.91 Å². The topological polar surface area (TPSA) is 36.4 Å². The maximum absolute atomic E-state index is 12.8. The molecule has 0 N–H and O–H groups in total. The SMILES string of the molecule is CCN1CCC[C@H]1[C@H]1CCCN1C(=O)c1ccc(C(F)(F)F)nc1. The van der Waals surface area contributed by atoms with Gasteiger partial charge in [-0.2, -0.15) is 13.2 Å². The fourth-order valence-corrected chi connectivity index (χ4v) is 3.98. The largest absolute Gasteiger partial charge is 0.433 e. The molecular weight excluding hydrogens is 319 g/mol. The van der Waals surface area contributed by atoms with Crippen LogP contribution in [-0.4, -0.2) is 52.4 Å². The van der Waals surface area contributed by atoms with Gasteiger partial charge in [-0.25, -0.2) is 0 Å². The summed E-state index contributed by atoms with van der Waals surface area (Å²) in [4.78, 5) is 20.4. The van der Waals surface area contributed by atoms with Gasteiger partial charge in [0.1, 0.15) is 5.69 Å². The van der Waals surface area contributed by atoms with Crippen molar-refractivity contribution < 1.29 is 18.0 Å². The Morgan fingerprint density at radius 1 is 1.21 bits per heavy atom. The van der Waals surface area contributed by atoms with Gasteiger partial charge in [0.05, 0.1) is 5.56 Å². The number of amides is 1. The third-order valence-electron chi connectivity index (χ3n) is 5.13. The van der Waals surface area contributed by atoms with Crippen molar-refractivity contribution in [2.75, 3.05) is 19.6 Å². The summed E-state index contributed by atoms with van der Waals surface area (Å²) >= 11 is 0. The number of likely N-dealkylation sites (tertiary alicyclic amines) is 2. The number of pyridine rings is 1. The highest BCUT2D eigenvalue weighted by Crippen LogP contribution is 2.31. The third-order valence-corrected chi connectivity index (χ3v) is 5.13. The molecule has 1 aromatic rings. The van der Waals surface area contributed by atoms with Gasteiger partial charge in [-0.3, -0.25) is 14.7 Å². The number of aromatic nitrogens is 1. The van der Waals surface area contributed by atoms with Crippen LogP contribution in [0.15, 0.2) is 18.3 Å². The smallest absolute Gasteiger partial charge is 0.334 e.